The number of hydrogen-bond donors (Lipinski definition) is 4. The Morgan fingerprint density at radius 3 is 1.38 bits per heavy atom. The third kappa shape index (κ3) is 40.9. The minimum Gasteiger partial charge on any atom is -0.387 e. The summed E-state index contributed by atoms with van der Waals surface area (Å²) >= 11 is 0. The van der Waals surface area contributed by atoms with E-state index >= 15 is 0 Å². The molecule has 5 N–H and O–H groups in total. The van der Waals surface area contributed by atoms with Crippen molar-refractivity contribution in [3.8, 4) is 0 Å². The van der Waals surface area contributed by atoms with Crippen LogP contribution in [-0.4, -0.2) is 47.8 Å². The van der Waals surface area contributed by atoms with Gasteiger partial charge in [0.2, 0.25) is 5.91 Å². The quantitative estimate of drug-likeness (QED) is 0.0274. The van der Waals surface area contributed by atoms with Crippen LogP contribution < -0.4 is 11.1 Å². The van der Waals surface area contributed by atoms with E-state index in [0.29, 0.717) is 6.42 Å². The minimum atomic E-state index is -4.35. The largest absolute Gasteiger partial charge is 0.472 e. The van der Waals surface area contributed by atoms with E-state index in [2.05, 4.69) is 43.5 Å². The average Bonchev–Trinajstić information content (AvgIpc) is 3.19. The lowest BCUT2D eigenvalue weighted by molar-refractivity contribution is -0.123. The van der Waals surface area contributed by atoms with Crippen molar-refractivity contribution in [2.45, 2.75) is 238 Å². The lowest BCUT2D eigenvalue weighted by atomic mass is 10.0. The molecule has 0 radical (unpaired) electrons. The highest BCUT2D eigenvalue weighted by Gasteiger charge is 2.26. The predicted molar refractivity (Wildman–Crippen MR) is 240 cm³/mol. The van der Waals surface area contributed by atoms with Crippen LogP contribution in [-0.2, 0) is 18.4 Å². The van der Waals surface area contributed by atoms with Crippen molar-refractivity contribution >= 4 is 13.7 Å². The summed E-state index contributed by atoms with van der Waals surface area (Å²) in [5, 5.41) is 13.7. The molecule has 0 aromatic heterocycles. The summed E-state index contributed by atoms with van der Waals surface area (Å²) in [6, 6.07) is -0.880. The van der Waals surface area contributed by atoms with Gasteiger partial charge in [0.1, 0.15) is 0 Å². The molecule has 0 aliphatic carbocycles. The second-order valence-corrected chi connectivity index (χ2v) is 17.4. The first-order valence-corrected chi connectivity index (χ1v) is 25.1. The number of nitrogens with one attached hydrogen (secondary N) is 1. The second-order valence-electron chi connectivity index (χ2n) is 16.0. The smallest absolute Gasteiger partial charge is 0.387 e. The summed E-state index contributed by atoms with van der Waals surface area (Å²) in [6.07, 6.45) is 52.1. The molecular formula is C47H91N2O6P. The van der Waals surface area contributed by atoms with Crippen LogP contribution in [0.25, 0.3) is 0 Å². The van der Waals surface area contributed by atoms with Crippen molar-refractivity contribution in [3.63, 3.8) is 0 Å². The Labute approximate surface area is 346 Å². The van der Waals surface area contributed by atoms with Gasteiger partial charge in [0.25, 0.3) is 0 Å². The summed E-state index contributed by atoms with van der Waals surface area (Å²) in [5.74, 6) is -0.205. The lowest BCUT2D eigenvalue weighted by Gasteiger charge is -2.23. The molecule has 0 spiro atoms. The molecule has 0 saturated carbocycles. The van der Waals surface area contributed by atoms with Gasteiger partial charge in [0.05, 0.1) is 25.4 Å². The van der Waals surface area contributed by atoms with E-state index in [-0.39, 0.29) is 25.7 Å². The minimum absolute atomic E-state index is 0.0727. The lowest BCUT2D eigenvalue weighted by Crippen LogP contribution is -2.45. The molecule has 3 atom stereocenters. The third-order valence-corrected chi connectivity index (χ3v) is 11.4. The highest BCUT2D eigenvalue weighted by atomic mass is 31.2. The molecule has 0 bridgehead atoms. The first kappa shape index (κ1) is 54.7. The number of carbonyl (C=O) groups excluding carboxylic acids is 1. The first-order chi connectivity index (χ1) is 27.4. The van der Waals surface area contributed by atoms with E-state index < -0.39 is 20.0 Å². The van der Waals surface area contributed by atoms with Crippen LogP contribution in [0, 0.1) is 0 Å². The molecule has 0 rings (SSSR count). The van der Waals surface area contributed by atoms with E-state index in [1.165, 1.54) is 161 Å². The Bertz CT molecular complexity index is 974. The van der Waals surface area contributed by atoms with Crippen molar-refractivity contribution in [1.82, 2.24) is 5.32 Å². The van der Waals surface area contributed by atoms with Gasteiger partial charge >= 0.3 is 7.82 Å². The molecule has 0 aromatic rings. The molecule has 8 nitrogen and oxygen atoms in total. The Balaban J connectivity index is 4.10. The van der Waals surface area contributed by atoms with Gasteiger partial charge in [-0.05, 0) is 44.9 Å². The maximum atomic E-state index is 12.8. The zero-order valence-electron chi connectivity index (χ0n) is 36.6. The molecule has 0 aliphatic heterocycles. The van der Waals surface area contributed by atoms with Gasteiger partial charge in [0.15, 0.2) is 0 Å². The maximum Gasteiger partial charge on any atom is 0.472 e. The number of aliphatic hydroxyl groups excluding tert-OH is 1. The summed E-state index contributed by atoms with van der Waals surface area (Å²) in [5.41, 5.74) is 5.37. The van der Waals surface area contributed by atoms with Crippen LogP contribution >= 0.6 is 7.82 Å². The molecule has 0 fully saturated rings. The van der Waals surface area contributed by atoms with Gasteiger partial charge in [-0.2, -0.15) is 0 Å². The zero-order chi connectivity index (χ0) is 41.1. The number of allylic oxidation sites excluding steroid dienone is 5. The molecule has 56 heavy (non-hydrogen) atoms. The van der Waals surface area contributed by atoms with E-state index in [0.717, 1.165) is 44.9 Å². The summed E-state index contributed by atoms with van der Waals surface area (Å²) in [7, 11) is -4.35. The molecule has 1 amide bonds. The van der Waals surface area contributed by atoms with E-state index in [9.17, 15) is 19.4 Å². The van der Waals surface area contributed by atoms with Gasteiger partial charge < -0.3 is 21.1 Å². The first-order valence-electron chi connectivity index (χ1n) is 23.6. The third-order valence-electron chi connectivity index (χ3n) is 10.4. The SMILES string of the molecule is CCCCCC/C=C/CC/C=C/CC/C=C/C(O)C(COP(=O)(O)OCCN)NC(=O)CCCCCCCCCCCCCCCCCCCCCCCCC. The van der Waals surface area contributed by atoms with Gasteiger partial charge in [-0.25, -0.2) is 4.57 Å². The fourth-order valence-corrected chi connectivity index (χ4v) is 7.63. The van der Waals surface area contributed by atoms with Crippen LogP contribution in [0.3, 0.4) is 0 Å². The standard InChI is InChI=1S/C47H91N2O6P/c1-3-5-7-9-11-13-15-17-19-20-21-22-23-24-25-26-27-29-31-33-35-37-39-41-47(51)49-45(44-55-56(52,53)54-43-42-48)46(50)40-38-36-34-32-30-28-18-16-14-12-10-8-6-4-2/h14,16,30,32,38,40,45-46,50H,3-13,15,17-29,31,33-37,39,41-44,48H2,1-2H3,(H,49,51)(H,52,53)/b16-14+,32-30+,40-38+. The number of nitrogens with two attached hydrogens (primary N) is 1. The molecule has 0 heterocycles. The zero-order valence-corrected chi connectivity index (χ0v) is 37.5. The Hall–Kier alpha value is -1.28. The van der Waals surface area contributed by atoms with Crippen molar-refractivity contribution < 1.29 is 28.4 Å². The number of phosphoric acid groups is 1. The fraction of sp³-hybridized carbons (Fsp3) is 0.851. The van der Waals surface area contributed by atoms with E-state index in [4.69, 9.17) is 14.8 Å². The molecule has 9 heteroatoms. The van der Waals surface area contributed by atoms with Crippen molar-refractivity contribution in [3.05, 3.63) is 36.5 Å². The highest BCUT2D eigenvalue weighted by molar-refractivity contribution is 7.47. The predicted octanol–water partition coefficient (Wildman–Crippen LogP) is 13.5. The van der Waals surface area contributed by atoms with Gasteiger partial charge in [-0.15, -0.1) is 0 Å². The summed E-state index contributed by atoms with van der Waals surface area (Å²) < 4.78 is 22.1. The molecule has 0 aromatic carbocycles. The normalized spacial score (nSPS) is 14.3. The van der Waals surface area contributed by atoms with Crippen molar-refractivity contribution in [1.29, 1.82) is 0 Å². The van der Waals surface area contributed by atoms with Crippen LogP contribution in [0.4, 0.5) is 0 Å². The molecule has 0 aliphatic rings. The van der Waals surface area contributed by atoms with Gasteiger partial charge in [-0.3, -0.25) is 13.8 Å². The Morgan fingerprint density at radius 1 is 0.571 bits per heavy atom. The summed E-state index contributed by atoms with van der Waals surface area (Å²) in [4.78, 5) is 22.7. The van der Waals surface area contributed by atoms with Crippen molar-refractivity contribution in [2.24, 2.45) is 5.73 Å². The molecule has 330 valence electrons. The molecule has 3 unspecified atom stereocenters. The highest BCUT2D eigenvalue weighted by Crippen LogP contribution is 2.43. The molecular weight excluding hydrogens is 719 g/mol. The van der Waals surface area contributed by atoms with Crippen LogP contribution in [0.2, 0.25) is 0 Å². The Morgan fingerprint density at radius 2 is 0.946 bits per heavy atom. The second kappa shape index (κ2) is 43.3. The fourth-order valence-electron chi connectivity index (χ4n) is 6.87. The maximum absolute atomic E-state index is 12.8. The number of aliphatic hydroxyl groups is 1. The number of carbonyl (C=O) groups is 1. The number of amides is 1. The topological polar surface area (TPSA) is 131 Å². The van der Waals surface area contributed by atoms with Crippen molar-refractivity contribution in [2.75, 3.05) is 19.8 Å². The number of rotatable bonds is 44. The van der Waals surface area contributed by atoms with Crippen LogP contribution in [0.5, 0.6) is 0 Å². The van der Waals surface area contributed by atoms with Gasteiger partial charge in [0, 0.05) is 13.0 Å². The van der Waals surface area contributed by atoms with Gasteiger partial charge in [-0.1, -0.05) is 211 Å². The monoisotopic (exact) mass is 811 g/mol. The van der Waals surface area contributed by atoms with Crippen LogP contribution in [0.15, 0.2) is 36.5 Å². The number of unbranched alkanes of at least 4 members (excludes halogenated alkanes) is 28. The summed E-state index contributed by atoms with van der Waals surface area (Å²) in [6.45, 7) is 4.10. The Kier molecular flexibility index (Phi) is 42.3. The van der Waals surface area contributed by atoms with E-state index in [1.807, 2.05) is 6.08 Å². The molecule has 0 saturated heterocycles. The van der Waals surface area contributed by atoms with Crippen LogP contribution in [0.1, 0.15) is 226 Å². The number of phosphoric ester groups is 1. The number of hydrogen-bond acceptors (Lipinski definition) is 6. The van der Waals surface area contributed by atoms with E-state index in [1.54, 1.807) is 6.08 Å². The average molecular weight is 811 g/mol.